The Morgan fingerprint density at radius 3 is 3.00 bits per heavy atom. The van der Waals surface area contributed by atoms with Crippen LogP contribution < -0.4 is 5.32 Å². The summed E-state index contributed by atoms with van der Waals surface area (Å²) >= 11 is 0. The predicted molar refractivity (Wildman–Crippen MR) is 70.7 cm³/mol. The van der Waals surface area contributed by atoms with Crippen molar-refractivity contribution in [1.29, 1.82) is 0 Å². The summed E-state index contributed by atoms with van der Waals surface area (Å²) in [6.45, 7) is 0. The van der Waals surface area contributed by atoms with Crippen molar-refractivity contribution in [3.05, 3.63) is 48.3 Å². The average molecular weight is 253 g/mol. The molecule has 1 N–H and O–H groups in total. The van der Waals surface area contributed by atoms with Crippen LogP contribution in [0.5, 0.6) is 0 Å². The van der Waals surface area contributed by atoms with E-state index in [1.165, 1.54) is 0 Å². The lowest BCUT2D eigenvalue weighted by molar-refractivity contribution is 0.102. The number of fused-ring (bicyclic) bond motifs is 1. The molecule has 0 spiro atoms. The van der Waals surface area contributed by atoms with Gasteiger partial charge in [0.15, 0.2) is 0 Å². The summed E-state index contributed by atoms with van der Waals surface area (Å²) in [6, 6.07) is 8.82. The number of rotatable bonds is 2. The molecular weight excluding hydrogens is 242 g/mol. The van der Waals surface area contributed by atoms with Crippen molar-refractivity contribution < 1.29 is 4.79 Å². The minimum absolute atomic E-state index is 0.184. The number of aryl methyl sites for hydroxylation is 1. The van der Waals surface area contributed by atoms with Crippen LogP contribution in [-0.2, 0) is 7.05 Å². The van der Waals surface area contributed by atoms with E-state index in [1.807, 2.05) is 0 Å². The number of aromatic nitrogens is 4. The molecule has 0 saturated heterocycles. The Bertz CT molecular complexity index is 735. The van der Waals surface area contributed by atoms with Gasteiger partial charge in [-0.2, -0.15) is 0 Å². The summed E-state index contributed by atoms with van der Waals surface area (Å²) in [5, 5.41) is 10.7. The lowest BCUT2D eigenvalue weighted by Gasteiger charge is -2.04. The van der Waals surface area contributed by atoms with Crippen molar-refractivity contribution in [3.63, 3.8) is 0 Å². The number of hydrogen-bond donors (Lipinski definition) is 1. The third-order valence-corrected chi connectivity index (χ3v) is 2.79. The maximum Gasteiger partial charge on any atom is 0.255 e. The zero-order chi connectivity index (χ0) is 13.2. The van der Waals surface area contributed by atoms with Crippen molar-refractivity contribution in [1.82, 2.24) is 20.0 Å². The van der Waals surface area contributed by atoms with Gasteiger partial charge in [-0.25, -0.2) is 4.68 Å². The summed E-state index contributed by atoms with van der Waals surface area (Å²) in [5.41, 5.74) is 2.80. The van der Waals surface area contributed by atoms with E-state index in [1.54, 1.807) is 54.5 Å². The van der Waals surface area contributed by atoms with Gasteiger partial charge in [-0.15, -0.1) is 5.10 Å². The van der Waals surface area contributed by atoms with Gasteiger partial charge in [0.25, 0.3) is 5.91 Å². The molecule has 0 aliphatic rings. The quantitative estimate of drug-likeness (QED) is 0.753. The number of amides is 1. The number of benzene rings is 1. The SMILES string of the molecule is Cn1nnc2ccc(C(=O)Nc3cccnc3)cc21. The molecule has 2 aromatic heterocycles. The number of pyridine rings is 1. The average Bonchev–Trinajstić information content (AvgIpc) is 2.81. The van der Waals surface area contributed by atoms with E-state index in [-0.39, 0.29) is 5.91 Å². The van der Waals surface area contributed by atoms with Gasteiger partial charge in [0, 0.05) is 18.8 Å². The van der Waals surface area contributed by atoms with Crippen LogP contribution in [0.1, 0.15) is 10.4 Å². The molecule has 0 bridgehead atoms. The van der Waals surface area contributed by atoms with Gasteiger partial charge >= 0.3 is 0 Å². The summed E-state index contributed by atoms with van der Waals surface area (Å²) < 4.78 is 1.64. The van der Waals surface area contributed by atoms with E-state index in [2.05, 4.69) is 20.6 Å². The molecule has 3 rings (SSSR count). The highest BCUT2D eigenvalue weighted by Gasteiger charge is 2.09. The van der Waals surface area contributed by atoms with Gasteiger partial charge < -0.3 is 5.32 Å². The van der Waals surface area contributed by atoms with Gasteiger partial charge in [0.2, 0.25) is 0 Å². The minimum atomic E-state index is -0.184. The monoisotopic (exact) mass is 253 g/mol. The summed E-state index contributed by atoms with van der Waals surface area (Å²) in [4.78, 5) is 16.1. The normalized spacial score (nSPS) is 10.6. The first-order chi connectivity index (χ1) is 9.24. The Morgan fingerprint density at radius 1 is 1.32 bits per heavy atom. The largest absolute Gasteiger partial charge is 0.321 e. The van der Waals surface area contributed by atoms with Crippen molar-refractivity contribution in [2.45, 2.75) is 0 Å². The van der Waals surface area contributed by atoms with E-state index in [4.69, 9.17) is 0 Å². The van der Waals surface area contributed by atoms with Crippen LogP contribution in [0, 0.1) is 0 Å². The van der Waals surface area contributed by atoms with Crippen molar-refractivity contribution in [2.75, 3.05) is 5.32 Å². The Labute approximate surface area is 109 Å². The molecule has 6 nitrogen and oxygen atoms in total. The first kappa shape index (κ1) is 11.3. The van der Waals surface area contributed by atoms with Gasteiger partial charge in [0.05, 0.1) is 17.4 Å². The molecule has 0 aliphatic heterocycles. The summed E-state index contributed by atoms with van der Waals surface area (Å²) in [5.74, 6) is -0.184. The number of carbonyl (C=O) groups is 1. The molecule has 0 saturated carbocycles. The van der Waals surface area contributed by atoms with Crippen molar-refractivity contribution in [3.8, 4) is 0 Å². The standard InChI is InChI=1S/C13H11N5O/c1-18-12-7-9(4-5-11(12)16-17-18)13(19)15-10-3-2-6-14-8-10/h2-8H,1H3,(H,15,19). The molecule has 94 valence electrons. The van der Waals surface area contributed by atoms with Crippen LogP contribution in [0.2, 0.25) is 0 Å². The number of nitrogens with one attached hydrogen (secondary N) is 1. The van der Waals surface area contributed by atoms with Crippen LogP contribution in [0.4, 0.5) is 5.69 Å². The zero-order valence-corrected chi connectivity index (χ0v) is 10.2. The third-order valence-electron chi connectivity index (χ3n) is 2.79. The molecule has 0 unspecified atom stereocenters. The van der Waals surface area contributed by atoms with E-state index in [9.17, 15) is 4.79 Å². The highest BCUT2D eigenvalue weighted by Crippen LogP contribution is 2.14. The Hall–Kier alpha value is -2.76. The zero-order valence-electron chi connectivity index (χ0n) is 10.2. The molecule has 0 atom stereocenters. The summed E-state index contributed by atoms with van der Waals surface area (Å²) in [7, 11) is 1.79. The second-order valence-corrected chi connectivity index (χ2v) is 4.11. The fraction of sp³-hybridized carbons (Fsp3) is 0.0769. The molecule has 0 radical (unpaired) electrons. The van der Waals surface area contributed by atoms with Crippen LogP contribution in [0.25, 0.3) is 11.0 Å². The van der Waals surface area contributed by atoms with Gasteiger partial charge in [-0.1, -0.05) is 5.21 Å². The molecule has 0 fully saturated rings. The van der Waals surface area contributed by atoms with E-state index < -0.39 is 0 Å². The number of carbonyl (C=O) groups excluding carboxylic acids is 1. The predicted octanol–water partition coefficient (Wildman–Crippen LogP) is 1.62. The van der Waals surface area contributed by atoms with E-state index >= 15 is 0 Å². The molecule has 2 heterocycles. The van der Waals surface area contributed by atoms with Crippen molar-refractivity contribution >= 4 is 22.6 Å². The molecular formula is C13H11N5O. The summed E-state index contributed by atoms with van der Waals surface area (Å²) in [6.07, 6.45) is 3.26. The minimum Gasteiger partial charge on any atom is -0.321 e. The number of hydrogen-bond acceptors (Lipinski definition) is 4. The molecule has 1 amide bonds. The lowest BCUT2D eigenvalue weighted by Crippen LogP contribution is -2.12. The third kappa shape index (κ3) is 2.15. The molecule has 19 heavy (non-hydrogen) atoms. The lowest BCUT2D eigenvalue weighted by atomic mass is 10.2. The molecule has 0 aliphatic carbocycles. The fourth-order valence-electron chi connectivity index (χ4n) is 1.81. The van der Waals surface area contributed by atoms with Crippen LogP contribution in [0.3, 0.4) is 0 Å². The second kappa shape index (κ2) is 4.49. The van der Waals surface area contributed by atoms with E-state index in [0.717, 1.165) is 11.0 Å². The molecule has 3 aromatic rings. The Balaban J connectivity index is 1.91. The van der Waals surface area contributed by atoms with Crippen LogP contribution in [-0.4, -0.2) is 25.9 Å². The van der Waals surface area contributed by atoms with Crippen LogP contribution in [0.15, 0.2) is 42.7 Å². The fourth-order valence-corrected chi connectivity index (χ4v) is 1.81. The molecule has 6 heteroatoms. The van der Waals surface area contributed by atoms with E-state index in [0.29, 0.717) is 11.3 Å². The van der Waals surface area contributed by atoms with Gasteiger partial charge in [-0.3, -0.25) is 9.78 Å². The number of nitrogens with zero attached hydrogens (tertiary/aromatic N) is 4. The maximum atomic E-state index is 12.1. The first-order valence-corrected chi connectivity index (χ1v) is 5.75. The smallest absolute Gasteiger partial charge is 0.255 e. The number of anilines is 1. The van der Waals surface area contributed by atoms with Gasteiger partial charge in [-0.05, 0) is 30.3 Å². The Kier molecular flexibility index (Phi) is 2.68. The topological polar surface area (TPSA) is 72.7 Å². The highest BCUT2D eigenvalue weighted by atomic mass is 16.1. The Morgan fingerprint density at radius 2 is 2.21 bits per heavy atom. The maximum absolute atomic E-state index is 12.1. The van der Waals surface area contributed by atoms with Crippen LogP contribution >= 0.6 is 0 Å². The van der Waals surface area contributed by atoms with Gasteiger partial charge in [0.1, 0.15) is 5.52 Å². The molecule has 1 aromatic carbocycles. The second-order valence-electron chi connectivity index (χ2n) is 4.11. The highest BCUT2D eigenvalue weighted by molar-refractivity contribution is 6.05. The van der Waals surface area contributed by atoms with Crippen molar-refractivity contribution in [2.24, 2.45) is 7.05 Å². The first-order valence-electron chi connectivity index (χ1n) is 5.75.